The molecule has 0 aliphatic heterocycles. The molecule has 0 unspecified atom stereocenters. The molecule has 0 heterocycles. The van der Waals surface area contributed by atoms with E-state index in [2.05, 4.69) is 6.58 Å². The average molecular weight is 296 g/mol. The van der Waals surface area contributed by atoms with Gasteiger partial charge in [-0.05, 0) is 44.0 Å². The van der Waals surface area contributed by atoms with Gasteiger partial charge >= 0.3 is 6.18 Å². The summed E-state index contributed by atoms with van der Waals surface area (Å²) in [5.41, 5.74) is 1.86. The number of aryl methyl sites for hydroxylation is 1. The van der Waals surface area contributed by atoms with Gasteiger partial charge in [-0.15, -0.1) is 0 Å². The lowest BCUT2D eigenvalue weighted by Crippen LogP contribution is -2.07. The van der Waals surface area contributed by atoms with E-state index in [9.17, 15) is 13.2 Å². The lowest BCUT2D eigenvalue weighted by molar-refractivity contribution is -0.137. The van der Waals surface area contributed by atoms with Crippen LogP contribution in [0.4, 0.5) is 13.2 Å². The summed E-state index contributed by atoms with van der Waals surface area (Å²) < 4.78 is 43.5. The van der Waals surface area contributed by atoms with Gasteiger partial charge in [0, 0.05) is 0 Å². The van der Waals surface area contributed by atoms with E-state index in [1.807, 2.05) is 26.0 Å². The maximum atomic E-state index is 12.7. The van der Waals surface area contributed by atoms with Gasteiger partial charge < -0.3 is 4.74 Å². The van der Waals surface area contributed by atoms with Crippen molar-refractivity contribution in [2.45, 2.75) is 26.9 Å². The number of halogens is 3. The molecule has 0 spiro atoms. The third kappa shape index (κ3) is 5.50. The number of ether oxygens (including phenoxy) is 1. The quantitative estimate of drug-likeness (QED) is 0.654. The summed E-state index contributed by atoms with van der Waals surface area (Å²) in [4.78, 5) is 0. The van der Waals surface area contributed by atoms with Gasteiger partial charge in [0.15, 0.2) is 0 Å². The summed E-state index contributed by atoms with van der Waals surface area (Å²) >= 11 is 0. The normalized spacial score (nSPS) is 12.0. The number of rotatable bonds is 5. The Morgan fingerprint density at radius 2 is 1.90 bits per heavy atom. The minimum atomic E-state index is -4.37. The molecular weight excluding hydrogens is 277 g/mol. The van der Waals surface area contributed by atoms with Crippen LogP contribution in [-0.4, -0.2) is 6.61 Å². The molecule has 1 aromatic rings. The van der Waals surface area contributed by atoms with E-state index < -0.39 is 11.7 Å². The van der Waals surface area contributed by atoms with Crippen molar-refractivity contribution in [1.29, 1.82) is 0 Å². The van der Waals surface area contributed by atoms with Crippen LogP contribution in [0.25, 0.3) is 0 Å². The molecule has 0 amide bonds. The van der Waals surface area contributed by atoms with Crippen LogP contribution in [0, 0.1) is 6.92 Å². The Hall–Kier alpha value is -1.97. The minimum absolute atomic E-state index is 0.176. The van der Waals surface area contributed by atoms with Gasteiger partial charge in [0.25, 0.3) is 0 Å². The third-order valence-electron chi connectivity index (χ3n) is 2.80. The largest absolute Gasteiger partial charge is 0.489 e. The van der Waals surface area contributed by atoms with Crippen LogP contribution in [0.15, 0.2) is 54.2 Å². The highest BCUT2D eigenvalue weighted by Gasteiger charge is 2.31. The van der Waals surface area contributed by atoms with E-state index >= 15 is 0 Å². The number of hydrogen-bond donors (Lipinski definition) is 0. The molecular formula is C17H19F3O. The molecule has 0 aromatic heterocycles. The second-order valence-corrected chi connectivity index (χ2v) is 4.96. The fourth-order valence-electron chi connectivity index (χ4n) is 1.54. The highest BCUT2D eigenvalue weighted by atomic mass is 19.4. The fourth-order valence-corrected chi connectivity index (χ4v) is 1.54. The van der Waals surface area contributed by atoms with Crippen LogP contribution in [-0.2, 0) is 6.18 Å². The molecule has 4 heteroatoms. The molecule has 1 rings (SSSR count). The first kappa shape index (κ1) is 17.1. The zero-order valence-corrected chi connectivity index (χ0v) is 12.4. The van der Waals surface area contributed by atoms with Crippen molar-refractivity contribution in [2.75, 3.05) is 6.61 Å². The van der Waals surface area contributed by atoms with Gasteiger partial charge in [0.05, 0.1) is 5.56 Å². The Kier molecular flexibility index (Phi) is 5.82. The van der Waals surface area contributed by atoms with Crippen molar-refractivity contribution in [1.82, 2.24) is 0 Å². The summed E-state index contributed by atoms with van der Waals surface area (Å²) in [6.45, 7) is 9.47. The summed E-state index contributed by atoms with van der Waals surface area (Å²) in [5, 5.41) is 0. The zero-order chi connectivity index (χ0) is 16.0. The highest BCUT2D eigenvalue weighted by Crippen LogP contribution is 2.33. The summed E-state index contributed by atoms with van der Waals surface area (Å²) in [5.74, 6) is 0.231. The molecule has 0 fully saturated rings. The molecule has 0 bridgehead atoms. The number of benzene rings is 1. The van der Waals surface area contributed by atoms with Crippen LogP contribution in [0.3, 0.4) is 0 Å². The molecule has 1 aromatic carbocycles. The van der Waals surface area contributed by atoms with Crippen LogP contribution in [0.1, 0.15) is 25.0 Å². The van der Waals surface area contributed by atoms with Gasteiger partial charge in [-0.25, -0.2) is 0 Å². The SMILES string of the molecule is C=C/C(=C\C=C(C)C)COc1cc(C(F)(F)F)ccc1C. The summed E-state index contributed by atoms with van der Waals surface area (Å²) in [6, 6.07) is 3.48. The van der Waals surface area contributed by atoms with Gasteiger partial charge in [-0.2, -0.15) is 13.2 Å². The van der Waals surface area contributed by atoms with E-state index in [1.54, 1.807) is 13.0 Å². The first-order valence-corrected chi connectivity index (χ1v) is 6.51. The van der Waals surface area contributed by atoms with Crippen molar-refractivity contribution in [3.05, 3.63) is 65.3 Å². The predicted molar refractivity (Wildman–Crippen MR) is 79.4 cm³/mol. The molecule has 21 heavy (non-hydrogen) atoms. The van der Waals surface area contributed by atoms with E-state index in [1.165, 1.54) is 6.07 Å². The Bertz CT molecular complexity index is 562. The van der Waals surface area contributed by atoms with Gasteiger partial charge in [0.1, 0.15) is 12.4 Å². The molecule has 1 nitrogen and oxygen atoms in total. The van der Waals surface area contributed by atoms with Crippen molar-refractivity contribution >= 4 is 0 Å². The van der Waals surface area contributed by atoms with Gasteiger partial charge in [-0.3, -0.25) is 0 Å². The van der Waals surface area contributed by atoms with Crippen LogP contribution in [0.5, 0.6) is 5.75 Å². The molecule has 0 N–H and O–H groups in total. The number of alkyl halides is 3. The van der Waals surface area contributed by atoms with E-state index in [4.69, 9.17) is 4.74 Å². The van der Waals surface area contributed by atoms with Gasteiger partial charge in [-0.1, -0.05) is 36.4 Å². The molecule has 0 radical (unpaired) electrons. The molecule has 0 saturated carbocycles. The Labute approximate surface area is 123 Å². The lowest BCUT2D eigenvalue weighted by atomic mass is 10.1. The van der Waals surface area contributed by atoms with Crippen molar-refractivity contribution in [3.63, 3.8) is 0 Å². The first-order valence-electron chi connectivity index (χ1n) is 6.51. The Morgan fingerprint density at radius 3 is 2.43 bits per heavy atom. The summed E-state index contributed by atoms with van der Waals surface area (Å²) in [6.07, 6.45) is 0.998. The Morgan fingerprint density at radius 1 is 1.24 bits per heavy atom. The standard InChI is InChI=1S/C17H19F3O/c1-5-14(8-6-12(2)3)11-21-16-10-15(17(18,19)20)9-7-13(16)4/h5-10H,1,11H2,2-4H3/b14-8+. The molecule has 0 saturated heterocycles. The molecule has 0 atom stereocenters. The molecule has 0 aliphatic rings. The van der Waals surface area contributed by atoms with Crippen molar-refractivity contribution in [2.24, 2.45) is 0 Å². The van der Waals surface area contributed by atoms with E-state index in [-0.39, 0.29) is 12.4 Å². The van der Waals surface area contributed by atoms with Crippen molar-refractivity contribution in [3.8, 4) is 5.75 Å². The van der Waals surface area contributed by atoms with Gasteiger partial charge in [0.2, 0.25) is 0 Å². The van der Waals surface area contributed by atoms with E-state index in [0.717, 1.165) is 23.3 Å². The second-order valence-electron chi connectivity index (χ2n) is 4.96. The smallest absolute Gasteiger partial charge is 0.416 e. The average Bonchev–Trinajstić information content (AvgIpc) is 2.39. The molecule has 0 aliphatic carbocycles. The minimum Gasteiger partial charge on any atom is -0.489 e. The zero-order valence-electron chi connectivity index (χ0n) is 12.4. The lowest BCUT2D eigenvalue weighted by Gasteiger charge is -2.13. The fraction of sp³-hybridized carbons (Fsp3) is 0.294. The number of allylic oxidation sites excluding steroid dienone is 3. The van der Waals surface area contributed by atoms with E-state index in [0.29, 0.717) is 5.56 Å². The highest BCUT2D eigenvalue weighted by molar-refractivity contribution is 5.38. The summed E-state index contributed by atoms with van der Waals surface area (Å²) in [7, 11) is 0. The third-order valence-corrected chi connectivity index (χ3v) is 2.80. The maximum Gasteiger partial charge on any atom is 0.416 e. The molecule has 114 valence electrons. The monoisotopic (exact) mass is 296 g/mol. The maximum absolute atomic E-state index is 12.7. The predicted octanol–water partition coefficient (Wildman–Crippen LogP) is 5.47. The topological polar surface area (TPSA) is 9.23 Å². The first-order chi connectivity index (χ1) is 9.74. The Balaban J connectivity index is 2.90. The number of hydrogen-bond acceptors (Lipinski definition) is 1. The van der Waals surface area contributed by atoms with Crippen LogP contribution < -0.4 is 4.74 Å². The second kappa shape index (κ2) is 7.16. The van der Waals surface area contributed by atoms with Crippen LogP contribution in [0.2, 0.25) is 0 Å². The van der Waals surface area contributed by atoms with Crippen LogP contribution >= 0.6 is 0 Å². The van der Waals surface area contributed by atoms with Crippen molar-refractivity contribution < 1.29 is 17.9 Å².